The summed E-state index contributed by atoms with van der Waals surface area (Å²) < 4.78 is 5.93. The highest BCUT2D eigenvalue weighted by Gasteiger charge is 2.48. The largest absolute Gasteiger partial charge is 0.457 e. The van der Waals surface area contributed by atoms with Crippen LogP contribution in [-0.4, -0.2) is 17.5 Å². The molecule has 0 saturated heterocycles. The first-order valence-corrected chi connectivity index (χ1v) is 10.2. The lowest BCUT2D eigenvalue weighted by Crippen LogP contribution is -2.43. The lowest BCUT2D eigenvalue weighted by molar-refractivity contribution is -0.00279. The van der Waals surface area contributed by atoms with E-state index in [1.165, 1.54) is 37.7 Å². The highest BCUT2D eigenvalue weighted by molar-refractivity contribution is 5.96. The fourth-order valence-electron chi connectivity index (χ4n) is 6.16. The zero-order valence-electron chi connectivity index (χ0n) is 15.5. The Labute approximate surface area is 160 Å². The summed E-state index contributed by atoms with van der Waals surface area (Å²) in [6.45, 7) is -0.466. The van der Waals surface area contributed by atoms with Gasteiger partial charge >= 0.3 is 0 Å². The third-order valence-electron chi connectivity index (χ3n) is 7.05. The highest BCUT2D eigenvalue weighted by atomic mass is 16.5. The number of ketones is 1. The van der Waals surface area contributed by atoms with Crippen LogP contribution in [0.4, 0.5) is 0 Å². The fraction of sp³-hybridized carbons (Fsp3) is 0.458. The van der Waals surface area contributed by atoms with Gasteiger partial charge < -0.3 is 9.84 Å². The molecule has 140 valence electrons. The van der Waals surface area contributed by atoms with Crippen LogP contribution in [0.15, 0.2) is 48.5 Å². The van der Waals surface area contributed by atoms with E-state index in [2.05, 4.69) is 24.3 Å². The summed E-state index contributed by atoms with van der Waals surface area (Å²) in [7, 11) is 0. The molecule has 0 heterocycles. The van der Waals surface area contributed by atoms with Gasteiger partial charge in [-0.05, 0) is 104 Å². The standard InChI is InChI=1S/C24H26O3/c25-14-23(26)17-1-5-21(6-2-17)27-22-7-3-18(4-8-22)24-19-10-15-9-16(12-19)13-20(24)11-15/h1-8,15-16,19-20,24-25H,9-14H2. The summed E-state index contributed by atoms with van der Waals surface area (Å²) in [4.78, 5) is 11.5. The molecular weight excluding hydrogens is 336 g/mol. The van der Waals surface area contributed by atoms with Gasteiger partial charge in [-0.1, -0.05) is 12.1 Å². The molecule has 0 amide bonds. The second-order valence-electron chi connectivity index (χ2n) is 8.73. The zero-order valence-corrected chi connectivity index (χ0v) is 15.5. The first kappa shape index (κ1) is 17.0. The Kier molecular flexibility index (Phi) is 4.28. The summed E-state index contributed by atoms with van der Waals surface area (Å²) in [5.41, 5.74) is 1.99. The summed E-state index contributed by atoms with van der Waals surface area (Å²) >= 11 is 0. The minimum Gasteiger partial charge on any atom is -0.457 e. The maximum Gasteiger partial charge on any atom is 0.188 e. The van der Waals surface area contributed by atoms with Crippen LogP contribution < -0.4 is 4.74 Å². The molecule has 2 aromatic carbocycles. The van der Waals surface area contributed by atoms with Crippen molar-refractivity contribution >= 4 is 5.78 Å². The van der Waals surface area contributed by atoms with Crippen LogP contribution in [0, 0.1) is 23.7 Å². The molecule has 6 rings (SSSR count). The van der Waals surface area contributed by atoms with Crippen LogP contribution in [0.25, 0.3) is 0 Å². The summed E-state index contributed by atoms with van der Waals surface area (Å²) in [6, 6.07) is 15.6. The third-order valence-corrected chi connectivity index (χ3v) is 7.05. The molecule has 3 nitrogen and oxygen atoms in total. The van der Waals surface area contributed by atoms with Crippen molar-refractivity contribution in [3.8, 4) is 11.5 Å². The maximum atomic E-state index is 11.5. The molecule has 0 spiro atoms. The van der Waals surface area contributed by atoms with Gasteiger partial charge in [0.1, 0.15) is 18.1 Å². The summed E-state index contributed by atoms with van der Waals surface area (Å²) in [5, 5.41) is 8.92. The molecule has 4 aliphatic carbocycles. The van der Waals surface area contributed by atoms with Crippen molar-refractivity contribution in [2.45, 2.75) is 38.0 Å². The number of carbonyl (C=O) groups excluding carboxylic acids is 1. The molecule has 4 saturated carbocycles. The van der Waals surface area contributed by atoms with E-state index in [1.54, 1.807) is 24.3 Å². The molecule has 0 unspecified atom stereocenters. The number of ether oxygens (including phenoxy) is 1. The van der Waals surface area contributed by atoms with E-state index in [1.807, 2.05) is 0 Å². The van der Waals surface area contributed by atoms with Crippen molar-refractivity contribution < 1.29 is 14.6 Å². The maximum absolute atomic E-state index is 11.5. The van der Waals surface area contributed by atoms with E-state index >= 15 is 0 Å². The number of aliphatic hydroxyl groups is 1. The third kappa shape index (κ3) is 3.19. The Morgan fingerprint density at radius 2 is 1.33 bits per heavy atom. The Morgan fingerprint density at radius 3 is 1.85 bits per heavy atom. The Balaban J connectivity index is 1.29. The van der Waals surface area contributed by atoms with Crippen molar-refractivity contribution in [2.75, 3.05) is 6.61 Å². The van der Waals surface area contributed by atoms with E-state index in [0.717, 1.165) is 35.3 Å². The van der Waals surface area contributed by atoms with Crippen LogP contribution >= 0.6 is 0 Å². The molecule has 0 aromatic heterocycles. The molecule has 0 radical (unpaired) electrons. The average Bonchev–Trinajstić information content (AvgIpc) is 2.68. The number of hydrogen-bond acceptors (Lipinski definition) is 3. The second kappa shape index (κ2) is 6.79. The number of carbonyl (C=O) groups is 1. The van der Waals surface area contributed by atoms with Crippen LogP contribution in [-0.2, 0) is 0 Å². The summed E-state index contributed by atoms with van der Waals surface area (Å²) in [6.07, 6.45) is 7.25. The van der Waals surface area contributed by atoms with Crippen molar-refractivity contribution in [2.24, 2.45) is 23.7 Å². The van der Waals surface area contributed by atoms with Gasteiger partial charge in [-0.2, -0.15) is 0 Å². The van der Waals surface area contributed by atoms with Gasteiger partial charge in [0.2, 0.25) is 0 Å². The predicted molar refractivity (Wildman–Crippen MR) is 104 cm³/mol. The topological polar surface area (TPSA) is 46.5 Å². The van der Waals surface area contributed by atoms with Crippen molar-refractivity contribution in [1.29, 1.82) is 0 Å². The molecule has 4 fully saturated rings. The van der Waals surface area contributed by atoms with Crippen LogP contribution in [0.1, 0.15) is 53.9 Å². The van der Waals surface area contributed by atoms with Gasteiger partial charge in [-0.15, -0.1) is 0 Å². The Hall–Kier alpha value is -2.13. The highest BCUT2D eigenvalue weighted by Crippen LogP contribution is 2.59. The minimum atomic E-state index is -0.466. The van der Waals surface area contributed by atoms with E-state index in [0.29, 0.717) is 11.3 Å². The average molecular weight is 362 g/mol. The zero-order chi connectivity index (χ0) is 18.4. The van der Waals surface area contributed by atoms with Gasteiger partial charge in [-0.3, -0.25) is 4.79 Å². The van der Waals surface area contributed by atoms with E-state index in [4.69, 9.17) is 9.84 Å². The Morgan fingerprint density at radius 1 is 0.815 bits per heavy atom. The molecule has 3 heteroatoms. The monoisotopic (exact) mass is 362 g/mol. The first-order chi connectivity index (χ1) is 13.2. The molecule has 0 aliphatic heterocycles. The molecule has 0 atom stereocenters. The number of hydrogen-bond donors (Lipinski definition) is 1. The number of aliphatic hydroxyl groups excluding tert-OH is 1. The van der Waals surface area contributed by atoms with E-state index in [9.17, 15) is 4.79 Å². The smallest absolute Gasteiger partial charge is 0.188 e. The molecule has 4 bridgehead atoms. The van der Waals surface area contributed by atoms with Crippen molar-refractivity contribution in [3.63, 3.8) is 0 Å². The van der Waals surface area contributed by atoms with Crippen molar-refractivity contribution in [1.82, 2.24) is 0 Å². The number of Topliss-reactive ketones (excluding diaryl/α,β-unsaturated/α-hetero) is 1. The molecule has 1 N–H and O–H groups in total. The van der Waals surface area contributed by atoms with Gasteiger partial charge in [-0.25, -0.2) is 0 Å². The second-order valence-corrected chi connectivity index (χ2v) is 8.73. The lowest BCUT2D eigenvalue weighted by atomic mass is 9.51. The van der Waals surface area contributed by atoms with Gasteiger partial charge in [0.25, 0.3) is 0 Å². The predicted octanol–water partition coefficient (Wildman–Crippen LogP) is 5.19. The van der Waals surface area contributed by atoms with E-state index in [-0.39, 0.29) is 5.78 Å². The fourth-order valence-corrected chi connectivity index (χ4v) is 6.16. The van der Waals surface area contributed by atoms with Gasteiger partial charge in [0.15, 0.2) is 5.78 Å². The molecule has 4 aliphatic rings. The quantitative estimate of drug-likeness (QED) is 0.744. The van der Waals surface area contributed by atoms with Crippen LogP contribution in [0.2, 0.25) is 0 Å². The van der Waals surface area contributed by atoms with E-state index < -0.39 is 6.61 Å². The lowest BCUT2D eigenvalue weighted by Gasteiger charge is -2.54. The normalized spacial score (nSPS) is 31.1. The molecule has 2 aromatic rings. The van der Waals surface area contributed by atoms with Gasteiger partial charge in [0, 0.05) is 5.56 Å². The Bertz CT molecular complexity index is 794. The molecular formula is C24H26O3. The first-order valence-electron chi connectivity index (χ1n) is 10.2. The van der Waals surface area contributed by atoms with Crippen molar-refractivity contribution in [3.05, 3.63) is 59.7 Å². The van der Waals surface area contributed by atoms with Gasteiger partial charge in [0.05, 0.1) is 0 Å². The van der Waals surface area contributed by atoms with Crippen LogP contribution in [0.5, 0.6) is 11.5 Å². The minimum absolute atomic E-state index is 0.276. The number of benzene rings is 2. The number of rotatable bonds is 5. The molecule has 27 heavy (non-hydrogen) atoms. The summed E-state index contributed by atoms with van der Waals surface area (Å²) in [5.74, 6) is 5.79. The van der Waals surface area contributed by atoms with Crippen LogP contribution in [0.3, 0.4) is 0 Å². The SMILES string of the molecule is O=C(CO)c1ccc(Oc2ccc(C3C4CC5CC(C4)CC3C5)cc2)cc1.